The third-order valence-electron chi connectivity index (χ3n) is 3.76. The lowest BCUT2D eigenvalue weighted by Crippen LogP contribution is -2.34. The van der Waals surface area contributed by atoms with Crippen LogP contribution in [0.2, 0.25) is 0 Å². The van der Waals surface area contributed by atoms with Crippen LogP contribution in [0.15, 0.2) is 17.0 Å². The van der Waals surface area contributed by atoms with Crippen molar-refractivity contribution in [2.24, 2.45) is 0 Å². The summed E-state index contributed by atoms with van der Waals surface area (Å²) in [5.74, 6) is 0. The number of aryl methyl sites for hydroxylation is 3. The molecule has 5 heteroatoms. The summed E-state index contributed by atoms with van der Waals surface area (Å²) in [5.41, 5.74) is 2.78. The highest BCUT2D eigenvalue weighted by atomic mass is 32.2. The molecule has 2 rings (SSSR count). The molecule has 106 valence electrons. The molecule has 1 aliphatic rings. The molecule has 0 amide bonds. The fraction of sp³-hybridized carbons (Fsp3) is 0.571. The molecular formula is C14H22N2O2S. The van der Waals surface area contributed by atoms with Gasteiger partial charge in [0.05, 0.1) is 4.90 Å². The highest BCUT2D eigenvalue weighted by molar-refractivity contribution is 7.89. The van der Waals surface area contributed by atoms with Crippen molar-refractivity contribution in [2.45, 2.75) is 38.1 Å². The predicted molar refractivity (Wildman–Crippen MR) is 76.9 cm³/mol. The average Bonchev–Trinajstić information content (AvgIpc) is 2.75. The lowest BCUT2D eigenvalue weighted by Gasteiger charge is -2.20. The fourth-order valence-electron chi connectivity index (χ4n) is 2.88. The van der Waals surface area contributed by atoms with Crippen molar-refractivity contribution in [3.63, 3.8) is 0 Å². The third-order valence-corrected chi connectivity index (χ3v) is 5.93. The highest BCUT2D eigenvalue weighted by Crippen LogP contribution is 2.27. The number of nitrogens with one attached hydrogen (secondary N) is 1. The van der Waals surface area contributed by atoms with Crippen LogP contribution in [0.5, 0.6) is 0 Å². The molecule has 0 bridgehead atoms. The predicted octanol–water partition coefficient (Wildman–Crippen LogP) is 1.59. The van der Waals surface area contributed by atoms with E-state index < -0.39 is 10.0 Å². The summed E-state index contributed by atoms with van der Waals surface area (Å²) in [5, 5.41) is 3.15. The molecule has 1 unspecified atom stereocenters. The van der Waals surface area contributed by atoms with Gasteiger partial charge in [0.1, 0.15) is 0 Å². The number of rotatable bonds is 3. The highest BCUT2D eigenvalue weighted by Gasteiger charge is 2.33. The Morgan fingerprint density at radius 2 is 1.79 bits per heavy atom. The molecule has 1 N–H and O–H groups in total. The average molecular weight is 282 g/mol. The van der Waals surface area contributed by atoms with Crippen LogP contribution in [0, 0.1) is 20.8 Å². The van der Waals surface area contributed by atoms with Gasteiger partial charge in [0, 0.05) is 19.1 Å². The van der Waals surface area contributed by atoms with Crippen LogP contribution < -0.4 is 5.32 Å². The Morgan fingerprint density at radius 1 is 1.21 bits per heavy atom. The van der Waals surface area contributed by atoms with E-state index in [1.807, 2.05) is 40.0 Å². The Balaban J connectivity index is 2.41. The zero-order valence-corrected chi connectivity index (χ0v) is 12.8. The van der Waals surface area contributed by atoms with E-state index >= 15 is 0 Å². The molecule has 1 fully saturated rings. The molecule has 19 heavy (non-hydrogen) atoms. The zero-order valence-electron chi connectivity index (χ0n) is 12.0. The molecule has 1 saturated heterocycles. The van der Waals surface area contributed by atoms with Gasteiger partial charge < -0.3 is 5.32 Å². The second kappa shape index (κ2) is 5.23. The molecule has 1 atom stereocenters. The second-order valence-corrected chi connectivity index (χ2v) is 7.24. The van der Waals surface area contributed by atoms with Gasteiger partial charge in [-0.15, -0.1) is 0 Å². The zero-order chi connectivity index (χ0) is 14.2. The van der Waals surface area contributed by atoms with Gasteiger partial charge in [-0.05, 0) is 45.4 Å². The topological polar surface area (TPSA) is 49.4 Å². The first-order valence-corrected chi connectivity index (χ1v) is 8.05. The van der Waals surface area contributed by atoms with Gasteiger partial charge in [0.25, 0.3) is 0 Å². The first-order chi connectivity index (χ1) is 8.86. The minimum atomic E-state index is -3.37. The van der Waals surface area contributed by atoms with Crippen molar-refractivity contribution >= 4 is 10.0 Å². The van der Waals surface area contributed by atoms with E-state index in [4.69, 9.17) is 0 Å². The maximum Gasteiger partial charge on any atom is 0.243 e. The molecular weight excluding hydrogens is 260 g/mol. The Kier molecular flexibility index (Phi) is 3.99. The first-order valence-electron chi connectivity index (χ1n) is 6.61. The lowest BCUT2D eigenvalue weighted by molar-refractivity contribution is 0.463. The number of sulfonamides is 1. The molecule has 1 aliphatic heterocycles. The summed E-state index contributed by atoms with van der Waals surface area (Å²) in [7, 11) is -1.49. The monoisotopic (exact) mass is 282 g/mol. The summed E-state index contributed by atoms with van der Waals surface area (Å²) in [6.07, 6.45) is 0.875. The van der Waals surface area contributed by atoms with E-state index in [-0.39, 0.29) is 6.04 Å². The van der Waals surface area contributed by atoms with Crippen molar-refractivity contribution in [1.82, 2.24) is 9.62 Å². The lowest BCUT2D eigenvalue weighted by atomic mass is 10.1. The summed E-state index contributed by atoms with van der Waals surface area (Å²) < 4.78 is 27.1. The number of hydrogen-bond donors (Lipinski definition) is 1. The summed E-state index contributed by atoms with van der Waals surface area (Å²) in [4.78, 5) is 0.481. The van der Waals surface area contributed by atoms with Crippen molar-refractivity contribution in [3.05, 3.63) is 28.8 Å². The summed E-state index contributed by atoms with van der Waals surface area (Å²) in [6.45, 7) is 6.90. The normalized spacial score (nSPS) is 20.9. The molecule has 1 heterocycles. The number of hydrogen-bond acceptors (Lipinski definition) is 3. The van der Waals surface area contributed by atoms with Crippen molar-refractivity contribution in [3.8, 4) is 0 Å². The molecule has 1 aromatic rings. The quantitative estimate of drug-likeness (QED) is 0.916. The van der Waals surface area contributed by atoms with Crippen molar-refractivity contribution in [1.29, 1.82) is 0 Å². The van der Waals surface area contributed by atoms with Crippen LogP contribution in [0.3, 0.4) is 0 Å². The van der Waals surface area contributed by atoms with Crippen molar-refractivity contribution in [2.75, 3.05) is 20.1 Å². The molecule has 4 nitrogen and oxygen atoms in total. The van der Waals surface area contributed by atoms with Crippen LogP contribution in [0.1, 0.15) is 23.1 Å². The first kappa shape index (κ1) is 14.5. The largest absolute Gasteiger partial charge is 0.316 e. The van der Waals surface area contributed by atoms with Crippen LogP contribution in [-0.2, 0) is 10.0 Å². The smallest absolute Gasteiger partial charge is 0.243 e. The molecule has 0 aliphatic carbocycles. The van der Waals surface area contributed by atoms with E-state index in [1.165, 1.54) is 0 Å². The maximum absolute atomic E-state index is 12.7. The van der Waals surface area contributed by atoms with Gasteiger partial charge in [-0.25, -0.2) is 8.42 Å². The molecule has 1 aromatic carbocycles. The third kappa shape index (κ3) is 2.68. The molecule has 0 spiro atoms. The molecule has 0 aromatic heterocycles. The summed E-state index contributed by atoms with van der Waals surface area (Å²) in [6, 6.07) is 4.14. The van der Waals surface area contributed by atoms with Crippen LogP contribution in [0.4, 0.5) is 0 Å². The van der Waals surface area contributed by atoms with Gasteiger partial charge in [0.2, 0.25) is 10.0 Å². The van der Waals surface area contributed by atoms with E-state index in [0.29, 0.717) is 18.0 Å². The van der Waals surface area contributed by atoms with Gasteiger partial charge in [-0.3, -0.25) is 0 Å². The van der Waals surface area contributed by atoms with Gasteiger partial charge in [-0.2, -0.15) is 4.31 Å². The SMILES string of the molecule is CNC1CCN(S(=O)(=O)c2c(C)cc(C)cc2C)C1. The molecule has 0 radical (unpaired) electrons. The van der Waals surface area contributed by atoms with Crippen molar-refractivity contribution < 1.29 is 8.42 Å². The Bertz CT molecular complexity index is 558. The number of benzene rings is 1. The fourth-order valence-corrected chi connectivity index (χ4v) is 4.80. The van der Waals surface area contributed by atoms with E-state index in [9.17, 15) is 8.42 Å². The maximum atomic E-state index is 12.7. The Labute approximate surface area is 115 Å². The van der Waals surface area contributed by atoms with Gasteiger partial charge >= 0.3 is 0 Å². The number of nitrogens with zero attached hydrogens (tertiary/aromatic N) is 1. The van der Waals surface area contributed by atoms with Gasteiger partial charge in [-0.1, -0.05) is 17.7 Å². The van der Waals surface area contributed by atoms with E-state index in [2.05, 4.69) is 5.32 Å². The van der Waals surface area contributed by atoms with E-state index in [0.717, 1.165) is 23.1 Å². The van der Waals surface area contributed by atoms with Crippen LogP contribution in [-0.4, -0.2) is 38.9 Å². The minimum Gasteiger partial charge on any atom is -0.316 e. The number of likely N-dealkylation sites (N-methyl/N-ethyl adjacent to an activating group) is 1. The molecule has 0 saturated carbocycles. The Hall–Kier alpha value is -0.910. The van der Waals surface area contributed by atoms with Crippen LogP contribution in [0.25, 0.3) is 0 Å². The second-order valence-electron chi connectivity index (χ2n) is 5.37. The van der Waals surface area contributed by atoms with Gasteiger partial charge in [0.15, 0.2) is 0 Å². The summed E-state index contributed by atoms with van der Waals surface area (Å²) >= 11 is 0. The van der Waals surface area contributed by atoms with Crippen LogP contribution >= 0.6 is 0 Å². The minimum absolute atomic E-state index is 0.265. The standard InChI is InChI=1S/C14H22N2O2S/c1-10-7-11(2)14(12(3)8-10)19(17,18)16-6-5-13(9-16)15-4/h7-8,13,15H,5-6,9H2,1-4H3. The van der Waals surface area contributed by atoms with E-state index in [1.54, 1.807) is 4.31 Å². The Morgan fingerprint density at radius 3 is 2.26 bits per heavy atom.